The van der Waals surface area contributed by atoms with Gasteiger partial charge in [-0.3, -0.25) is 9.89 Å². The normalized spacial score (nSPS) is 11.4. The third kappa shape index (κ3) is 2.32. The maximum Gasteiger partial charge on any atom is 0.232 e. The van der Waals surface area contributed by atoms with Crippen molar-refractivity contribution in [2.24, 2.45) is 11.1 Å². The van der Waals surface area contributed by atoms with Crippen LogP contribution in [0.25, 0.3) is 0 Å². The maximum atomic E-state index is 11.6. The van der Waals surface area contributed by atoms with Gasteiger partial charge in [-0.25, -0.2) is 0 Å². The Morgan fingerprint density at radius 2 is 2.36 bits per heavy atom. The largest absolute Gasteiger partial charge is 0.329 e. The van der Waals surface area contributed by atoms with Crippen LogP contribution in [0.2, 0.25) is 0 Å². The number of aryl methyl sites for hydroxylation is 1. The SMILES string of the molecule is Cc1cc(NC(=O)C(C)(C)CN)n[nH]1. The second-order valence-corrected chi connectivity index (χ2v) is 3.98. The monoisotopic (exact) mass is 196 g/mol. The lowest BCUT2D eigenvalue weighted by molar-refractivity contribution is -0.123. The van der Waals surface area contributed by atoms with Crippen molar-refractivity contribution in [2.45, 2.75) is 20.8 Å². The van der Waals surface area contributed by atoms with Gasteiger partial charge < -0.3 is 11.1 Å². The van der Waals surface area contributed by atoms with Gasteiger partial charge in [0.25, 0.3) is 0 Å². The van der Waals surface area contributed by atoms with E-state index in [9.17, 15) is 4.79 Å². The fourth-order valence-electron chi connectivity index (χ4n) is 0.860. The smallest absolute Gasteiger partial charge is 0.232 e. The summed E-state index contributed by atoms with van der Waals surface area (Å²) in [7, 11) is 0. The van der Waals surface area contributed by atoms with Gasteiger partial charge in [0.15, 0.2) is 5.82 Å². The minimum atomic E-state index is -0.563. The van der Waals surface area contributed by atoms with Crippen LogP contribution in [0.3, 0.4) is 0 Å². The average molecular weight is 196 g/mol. The summed E-state index contributed by atoms with van der Waals surface area (Å²) in [4.78, 5) is 11.6. The van der Waals surface area contributed by atoms with E-state index in [0.717, 1.165) is 5.69 Å². The molecule has 0 aliphatic carbocycles. The van der Waals surface area contributed by atoms with Crippen molar-refractivity contribution < 1.29 is 4.79 Å². The molecule has 1 heterocycles. The van der Waals surface area contributed by atoms with Gasteiger partial charge in [0, 0.05) is 18.3 Å². The molecule has 78 valence electrons. The zero-order valence-electron chi connectivity index (χ0n) is 8.72. The van der Waals surface area contributed by atoms with Crippen molar-refractivity contribution in [2.75, 3.05) is 11.9 Å². The number of aromatic nitrogens is 2. The van der Waals surface area contributed by atoms with Crippen LogP contribution < -0.4 is 11.1 Å². The summed E-state index contributed by atoms with van der Waals surface area (Å²) in [6, 6.07) is 1.77. The topological polar surface area (TPSA) is 83.8 Å². The van der Waals surface area contributed by atoms with E-state index in [2.05, 4.69) is 15.5 Å². The van der Waals surface area contributed by atoms with Crippen molar-refractivity contribution in [1.82, 2.24) is 10.2 Å². The second-order valence-electron chi connectivity index (χ2n) is 3.98. The first kappa shape index (κ1) is 10.7. The predicted octanol–water partition coefficient (Wildman–Crippen LogP) is 0.642. The Labute approximate surface area is 83.1 Å². The number of anilines is 1. The van der Waals surface area contributed by atoms with Crippen LogP contribution in [0.15, 0.2) is 6.07 Å². The molecule has 0 radical (unpaired) electrons. The third-order valence-electron chi connectivity index (χ3n) is 2.07. The fourth-order valence-corrected chi connectivity index (χ4v) is 0.860. The number of nitrogens with zero attached hydrogens (tertiary/aromatic N) is 1. The van der Waals surface area contributed by atoms with E-state index in [4.69, 9.17) is 5.73 Å². The Hall–Kier alpha value is -1.36. The summed E-state index contributed by atoms with van der Waals surface area (Å²) in [5.74, 6) is 0.417. The number of carbonyl (C=O) groups excluding carboxylic acids is 1. The highest BCUT2D eigenvalue weighted by Crippen LogP contribution is 2.15. The van der Waals surface area contributed by atoms with Gasteiger partial charge in [-0.15, -0.1) is 0 Å². The van der Waals surface area contributed by atoms with Crippen molar-refractivity contribution in [1.29, 1.82) is 0 Å². The number of rotatable bonds is 3. The summed E-state index contributed by atoms with van der Waals surface area (Å²) < 4.78 is 0. The maximum absolute atomic E-state index is 11.6. The Morgan fingerprint density at radius 1 is 1.71 bits per heavy atom. The zero-order valence-corrected chi connectivity index (χ0v) is 8.72. The lowest BCUT2D eigenvalue weighted by atomic mass is 9.93. The van der Waals surface area contributed by atoms with Crippen LogP contribution >= 0.6 is 0 Å². The minimum absolute atomic E-state index is 0.119. The van der Waals surface area contributed by atoms with E-state index in [1.165, 1.54) is 0 Å². The van der Waals surface area contributed by atoms with E-state index in [0.29, 0.717) is 12.4 Å². The number of nitrogens with two attached hydrogens (primary N) is 1. The van der Waals surface area contributed by atoms with Crippen LogP contribution in [-0.2, 0) is 4.79 Å². The first-order valence-corrected chi connectivity index (χ1v) is 4.49. The second kappa shape index (κ2) is 3.79. The van der Waals surface area contributed by atoms with E-state index >= 15 is 0 Å². The summed E-state index contributed by atoms with van der Waals surface area (Å²) >= 11 is 0. The molecule has 0 unspecified atom stereocenters. The Morgan fingerprint density at radius 3 is 2.79 bits per heavy atom. The van der Waals surface area contributed by atoms with Crippen molar-refractivity contribution >= 4 is 11.7 Å². The number of H-pyrrole nitrogens is 1. The summed E-state index contributed by atoms with van der Waals surface area (Å²) in [5, 5.41) is 9.35. The van der Waals surface area contributed by atoms with Gasteiger partial charge in [0.1, 0.15) is 0 Å². The molecule has 5 nitrogen and oxygen atoms in total. The Balaban J connectivity index is 2.66. The van der Waals surface area contributed by atoms with Gasteiger partial charge in [-0.05, 0) is 20.8 Å². The molecule has 0 aromatic carbocycles. The van der Waals surface area contributed by atoms with Crippen LogP contribution in [-0.4, -0.2) is 22.6 Å². The number of hydrogen-bond donors (Lipinski definition) is 3. The van der Waals surface area contributed by atoms with E-state index in [1.54, 1.807) is 19.9 Å². The number of hydrogen-bond acceptors (Lipinski definition) is 3. The molecule has 1 amide bonds. The molecule has 1 rings (SSSR count). The molecule has 0 aliphatic heterocycles. The fraction of sp³-hybridized carbons (Fsp3) is 0.556. The molecule has 1 aromatic heterocycles. The molecule has 0 bridgehead atoms. The zero-order chi connectivity index (χ0) is 10.8. The molecular weight excluding hydrogens is 180 g/mol. The predicted molar refractivity (Wildman–Crippen MR) is 54.8 cm³/mol. The quantitative estimate of drug-likeness (QED) is 0.663. The molecule has 14 heavy (non-hydrogen) atoms. The lowest BCUT2D eigenvalue weighted by Gasteiger charge is -2.20. The molecule has 5 heteroatoms. The molecular formula is C9H16N4O. The molecule has 0 saturated heterocycles. The average Bonchev–Trinajstić information content (AvgIpc) is 2.51. The van der Waals surface area contributed by atoms with Gasteiger partial charge in [0.2, 0.25) is 5.91 Å². The number of aromatic amines is 1. The summed E-state index contributed by atoms with van der Waals surface area (Å²) in [5.41, 5.74) is 5.82. The minimum Gasteiger partial charge on any atom is -0.329 e. The van der Waals surface area contributed by atoms with Gasteiger partial charge in [-0.2, -0.15) is 5.10 Å². The molecule has 0 aliphatic rings. The van der Waals surface area contributed by atoms with Crippen LogP contribution in [0.4, 0.5) is 5.82 Å². The van der Waals surface area contributed by atoms with Gasteiger partial charge in [-0.1, -0.05) is 0 Å². The van der Waals surface area contributed by atoms with E-state index < -0.39 is 5.41 Å². The lowest BCUT2D eigenvalue weighted by Crippen LogP contribution is -2.37. The third-order valence-corrected chi connectivity index (χ3v) is 2.07. The van der Waals surface area contributed by atoms with Crippen LogP contribution in [0, 0.1) is 12.3 Å². The van der Waals surface area contributed by atoms with Crippen LogP contribution in [0.1, 0.15) is 19.5 Å². The molecule has 0 fully saturated rings. The Kier molecular flexibility index (Phi) is 2.90. The molecule has 1 aromatic rings. The summed E-state index contributed by atoms with van der Waals surface area (Å²) in [6.45, 7) is 5.77. The molecule has 0 saturated carbocycles. The van der Waals surface area contributed by atoms with Crippen LogP contribution in [0.5, 0.6) is 0 Å². The van der Waals surface area contributed by atoms with Gasteiger partial charge >= 0.3 is 0 Å². The number of carbonyl (C=O) groups is 1. The van der Waals surface area contributed by atoms with E-state index in [1.807, 2.05) is 6.92 Å². The van der Waals surface area contributed by atoms with E-state index in [-0.39, 0.29) is 5.91 Å². The van der Waals surface area contributed by atoms with Crippen molar-refractivity contribution in [3.63, 3.8) is 0 Å². The first-order chi connectivity index (χ1) is 6.45. The molecule has 0 spiro atoms. The number of amides is 1. The Bertz CT molecular complexity index is 329. The molecule has 4 N–H and O–H groups in total. The number of nitrogens with one attached hydrogen (secondary N) is 2. The first-order valence-electron chi connectivity index (χ1n) is 4.49. The van der Waals surface area contributed by atoms with Crippen molar-refractivity contribution in [3.05, 3.63) is 11.8 Å². The standard InChI is InChI=1S/C9H16N4O/c1-6-4-7(13-12-6)11-8(14)9(2,3)5-10/h4H,5,10H2,1-3H3,(H2,11,12,13,14). The summed E-state index contributed by atoms with van der Waals surface area (Å²) in [6.07, 6.45) is 0. The highest BCUT2D eigenvalue weighted by atomic mass is 16.2. The van der Waals surface area contributed by atoms with Gasteiger partial charge in [0.05, 0.1) is 5.41 Å². The molecule has 0 atom stereocenters. The van der Waals surface area contributed by atoms with Crippen molar-refractivity contribution in [3.8, 4) is 0 Å². The highest BCUT2D eigenvalue weighted by Gasteiger charge is 2.26. The highest BCUT2D eigenvalue weighted by molar-refractivity contribution is 5.94.